The quantitative estimate of drug-likeness (QED) is 0.784. The van der Waals surface area contributed by atoms with Gasteiger partial charge < -0.3 is 15.3 Å². The number of carbonyl (C=O) groups is 1. The SMILES string of the molecule is O=C(Nc1ccc(F)c(C(F)(F)F)c1)N1CCC[C@H](O)C1. The molecule has 4 nitrogen and oxygen atoms in total. The van der Waals surface area contributed by atoms with Gasteiger partial charge in [-0.15, -0.1) is 0 Å². The number of nitrogens with one attached hydrogen (secondary N) is 1. The molecule has 1 saturated heterocycles. The molecule has 2 N–H and O–H groups in total. The molecule has 2 amide bonds. The number of halogens is 4. The summed E-state index contributed by atoms with van der Waals surface area (Å²) in [6.45, 7) is 0.537. The molecule has 0 bridgehead atoms. The van der Waals surface area contributed by atoms with Crippen LogP contribution in [0.5, 0.6) is 0 Å². The predicted octanol–water partition coefficient (Wildman–Crippen LogP) is 2.83. The van der Waals surface area contributed by atoms with E-state index in [4.69, 9.17) is 0 Å². The standard InChI is InChI=1S/C13H14F4N2O2/c14-11-4-3-8(6-10(11)13(15,16)17)18-12(21)19-5-1-2-9(20)7-19/h3-4,6,9,20H,1-2,5,7H2,(H,18,21)/t9-/m0/s1. The van der Waals surface area contributed by atoms with Crippen molar-refractivity contribution in [1.82, 2.24) is 4.90 Å². The van der Waals surface area contributed by atoms with E-state index in [0.29, 0.717) is 31.5 Å². The Balaban J connectivity index is 2.11. The van der Waals surface area contributed by atoms with Gasteiger partial charge in [0, 0.05) is 18.8 Å². The molecular formula is C13H14F4N2O2. The van der Waals surface area contributed by atoms with E-state index in [-0.39, 0.29) is 12.2 Å². The number of urea groups is 1. The van der Waals surface area contributed by atoms with Crippen LogP contribution in [-0.2, 0) is 6.18 Å². The highest BCUT2D eigenvalue weighted by atomic mass is 19.4. The molecule has 0 unspecified atom stereocenters. The maximum Gasteiger partial charge on any atom is 0.419 e. The summed E-state index contributed by atoms with van der Waals surface area (Å²) in [4.78, 5) is 13.2. The number of aliphatic hydroxyl groups is 1. The van der Waals surface area contributed by atoms with E-state index in [0.717, 1.165) is 6.07 Å². The van der Waals surface area contributed by atoms with Crippen molar-refractivity contribution < 1.29 is 27.5 Å². The lowest BCUT2D eigenvalue weighted by molar-refractivity contribution is -0.139. The number of carbonyl (C=O) groups excluding carboxylic acids is 1. The maximum absolute atomic E-state index is 13.1. The first-order valence-electron chi connectivity index (χ1n) is 6.38. The second kappa shape index (κ2) is 5.88. The fraction of sp³-hybridized carbons (Fsp3) is 0.462. The zero-order valence-corrected chi connectivity index (χ0v) is 11.0. The van der Waals surface area contributed by atoms with E-state index in [1.807, 2.05) is 0 Å². The molecule has 1 aliphatic rings. The van der Waals surface area contributed by atoms with Gasteiger partial charge in [0.05, 0.1) is 11.7 Å². The van der Waals surface area contributed by atoms with Crippen LogP contribution in [0.25, 0.3) is 0 Å². The van der Waals surface area contributed by atoms with Crippen LogP contribution in [0, 0.1) is 5.82 Å². The fourth-order valence-electron chi connectivity index (χ4n) is 2.16. The highest BCUT2D eigenvalue weighted by Crippen LogP contribution is 2.33. The highest BCUT2D eigenvalue weighted by Gasteiger charge is 2.34. The highest BCUT2D eigenvalue weighted by molar-refractivity contribution is 5.89. The summed E-state index contributed by atoms with van der Waals surface area (Å²) in [7, 11) is 0. The number of β-amino-alcohol motifs (C(OH)–C–C–N with tert-alkyl or cyclic N) is 1. The minimum absolute atomic E-state index is 0.124. The molecular weight excluding hydrogens is 292 g/mol. The first-order valence-corrected chi connectivity index (χ1v) is 6.38. The Morgan fingerprint density at radius 1 is 1.38 bits per heavy atom. The van der Waals surface area contributed by atoms with Crippen LogP contribution in [0.15, 0.2) is 18.2 Å². The Bertz CT molecular complexity index is 533. The first-order chi connectivity index (χ1) is 9.77. The molecule has 8 heteroatoms. The number of amides is 2. The van der Waals surface area contributed by atoms with E-state index in [9.17, 15) is 27.5 Å². The van der Waals surface area contributed by atoms with Crippen LogP contribution >= 0.6 is 0 Å². The maximum atomic E-state index is 13.1. The number of hydrogen-bond donors (Lipinski definition) is 2. The molecule has 1 atom stereocenters. The number of aliphatic hydroxyl groups excluding tert-OH is 1. The smallest absolute Gasteiger partial charge is 0.391 e. The lowest BCUT2D eigenvalue weighted by atomic mass is 10.1. The van der Waals surface area contributed by atoms with Crippen molar-refractivity contribution in [3.63, 3.8) is 0 Å². The molecule has 0 spiro atoms. The molecule has 0 aliphatic carbocycles. The van der Waals surface area contributed by atoms with Crippen molar-refractivity contribution in [2.24, 2.45) is 0 Å². The van der Waals surface area contributed by atoms with Crippen LogP contribution in [0.3, 0.4) is 0 Å². The van der Waals surface area contributed by atoms with Crippen molar-refractivity contribution in [3.05, 3.63) is 29.6 Å². The van der Waals surface area contributed by atoms with E-state index >= 15 is 0 Å². The monoisotopic (exact) mass is 306 g/mol. The number of rotatable bonds is 1. The Kier molecular flexibility index (Phi) is 4.36. The van der Waals surface area contributed by atoms with Gasteiger partial charge in [-0.25, -0.2) is 9.18 Å². The van der Waals surface area contributed by atoms with Gasteiger partial charge in [-0.2, -0.15) is 13.2 Å². The number of nitrogens with zero attached hydrogens (tertiary/aromatic N) is 1. The zero-order chi connectivity index (χ0) is 15.6. The summed E-state index contributed by atoms with van der Waals surface area (Å²) in [5, 5.41) is 11.7. The summed E-state index contributed by atoms with van der Waals surface area (Å²) in [5.41, 5.74) is -1.58. The topological polar surface area (TPSA) is 52.6 Å². The van der Waals surface area contributed by atoms with Gasteiger partial charge in [0.25, 0.3) is 0 Å². The number of alkyl halides is 3. The molecule has 116 valence electrons. The molecule has 1 aromatic rings. The van der Waals surface area contributed by atoms with E-state index < -0.39 is 29.7 Å². The third-order valence-corrected chi connectivity index (χ3v) is 3.21. The lowest BCUT2D eigenvalue weighted by Crippen LogP contribution is -2.44. The first kappa shape index (κ1) is 15.6. The van der Waals surface area contributed by atoms with Gasteiger partial charge in [-0.3, -0.25) is 0 Å². The van der Waals surface area contributed by atoms with E-state index in [1.165, 1.54) is 4.90 Å². The minimum atomic E-state index is -4.83. The van der Waals surface area contributed by atoms with Crippen molar-refractivity contribution in [2.75, 3.05) is 18.4 Å². The lowest BCUT2D eigenvalue weighted by Gasteiger charge is -2.30. The molecule has 1 aromatic carbocycles. The molecule has 1 aliphatic heterocycles. The van der Waals surface area contributed by atoms with Crippen molar-refractivity contribution in [2.45, 2.75) is 25.1 Å². The number of benzene rings is 1. The minimum Gasteiger partial charge on any atom is -0.391 e. The Morgan fingerprint density at radius 2 is 2.10 bits per heavy atom. The van der Waals surface area contributed by atoms with Crippen LogP contribution in [0.4, 0.5) is 28.0 Å². The summed E-state index contributed by atoms with van der Waals surface area (Å²) in [6, 6.07) is 1.65. The van der Waals surface area contributed by atoms with Gasteiger partial charge in [0.1, 0.15) is 5.82 Å². The van der Waals surface area contributed by atoms with Crippen LogP contribution < -0.4 is 5.32 Å². The average Bonchev–Trinajstić information content (AvgIpc) is 2.39. The van der Waals surface area contributed by atoms with Gasteiger partial charge in [0.2, 0.25) is 0 Å². The van der Waals surface area contributed by atoms with Crippen molar-refractivity contribution in [3.8, 4) is 0 Å². The van der Waals surface area contributed by atoms with Crippen molar-refractivity contribution >= 4 is 11.7 Å². The van der Waals surface area contributed by atoms with Gasteiger partial charge in [-0.1, -0.05) is 0 Å². The van der Waals surface area contributed by atoms with Crippen LogP contribution in [-0.4, -0.2) is 35.2 Å². The summed E-state index contributed by atoms with van der Waals surface area (Å²) < 4.78 is 50.9. The normalized spacial score (nSPS) is 19.5. The summed E-state index contributed by atoms with van der Waals surface area (Å²) >= 11 is 0. The third kappa shape index (κ3) is 3.84. The van der Waals surface area contributed by atoms with Crippen molar-refractivity contribution in [1.29, 1.82) is 0 Å². The molecule has 1 fully saturated rings. The molecule has 0 saturated carbocycles. The summed E-state index contributed by atoms with van der Waals surface area (Å²) in [5.74, 6) is -1.39. The van der Waals surface area contributed by atoms with Gasteiger partial charge in [0.15, 0.2) is 0 Å². The molecule has 2 rings (SSSR count). The molecule has 21 heavy (non-hydrogen) atoms. The Morgan fingerprint density at radius 3 is 2.71 bits per heavy atom. The number of hydrogen-bond acceptors (Lipinski definition) is 2. The van der Waals surface area contributed by atoms with E-state index in [1.54, 1.807) is 0 Å². The third-order valence-electron chi connectivity index (χ3n) is 3.21. The second-order valence-electron chi connectivity index (χ2n) is 4.86. The molecule has 1 heterocycles. The predicted molar refractivity (Wildman–Crippen MR) is 67.2 cm³/mol. The Labute approximate surface area is 118 Å². The van der Waals surface area contributed by atoms with Gasteiger partial charge in [-0.05, 0) is 31.0 Å². The molecule has 0 radical (unpaired) electrons. The number of anilines is 1. The van der Waals surface area contributed by atoms with Crippen LogP contribution in [0.1, 0.15) is 18.4 Å². The fourth-order valence-corrected chi connectivity index (χ4v) is 2.16. The number of likely N-dealkylation sites (tertiary alicyclic amines) is 1. The average molecular weight is 306 g/mol. The summed E-state index contributed by atoms with van der Waals surface area (Å²) in [6.07, 6.45) is -4.26. The number of piperidine rings is 1. The zero-order valence-electron chi connectivity index (χ0n) is 11.0. The largest absolute Gasteiger partial charge is 0.419 e. The Hall–Kier alpha value is -1.83. The molecule has 0 aromatic heterocycles. The van der Waals surface area contributed by atoms with E-state index in [2.05, 4.69) is 5.32 Å². The van der Waals surface area contributed by atoms with Crippen LogP contribution in [0.2, 0.25) is 0 Å². The van der Waals surface area contributed by atoms with Gasteiger partial charge >= 0.3 is 12.2 Å². The second-order valence-corrected chi connectivity index (χ2v) is 4.86.